The number of nitrogens with two attached hydrogens (primary N) is 1. The highest BCUT2D eigenvalue weighted by Crippen LogP contribution is 2.21. The predicted molar refractivity (Wildman–Crippen MR) is 75.8 cm³/mol. The maximum atomic E-state index is 12.7. The zero-order chi connectivity index (χ0) is 16.0. The number of likely N-dealkylation sites (tertiary alicyclic amines) is 1. The second kappa shape index (κ2) is 7.98. The van der Waals surface area contributed by atoms with Crippen molar-refractivity contribution in [2.75, 3.05) is 26.2 Å². The van der Waals surface area contributed by atoms with E-state index in [1.807, 2.05) is 18.7 Å². The van der Waals surface area contributed by atoms with Gasteiger partial charge in [-0.05, 0) is 25.7 Å². The summed E-state index contributed by atoms with van der Waals surface area (Å²) < 4.78 is 38.1. The van der Waals surface area contributed by atoms with E-state index in [0.29, 0.717) is 25.9 Å². The van der Waals surface area contributed by atoms with Crippen LogP contribution in [0.5, 0.6) is 0 Å². The highest BCUT2D eigenvalue weighted by atomic mass is 19.4. The number of alkyl halides is 3. The summed E-state index contributed by atoms with van der Waals surface area (Å²) in [6.07, 6.45) is -1.72. The van der Waals surface area contributed by atoms with Gasteiger partial charge in [-0.15, -0.1) is 0 Å². The third kappa shape index (κ3) is 6.22. The number of halogens is 3. The number of hydrogen-bond acceptors (Lipinski definition) is 3. The molecule has 21 heavy (non-hydrogen) atoms. The van der Waals surface area contributed by atoms with Crippen molar-refractivity contribution in [2.24, 2.45) is 5.73 Å². The summed E-state index contributed by atoms with van der Waals surface area (Å²) in [5, 5.41) is 0. The van der Waals surface area contributed by atoms with Gasteiger partial charge in [0, 0.05) is 25.2 Å². The standard InChI is InChI=1S/C14H26F3N3O/c1-3-12(4-2)20(10-14(15,16)17)13(21)9-19-7-5-11(18)6-8-19/h11-12H,3-10,18H2,1-2H3. The molecule has 4 nitrogen and oxygen atoms in total. The molecule has 1 rings (SSSR count). The zero-order valence-electron chi connectivity index (χ0n) is 12.8. The number of piperidine rings is 1. The van der Waals surface area contributed by atoms with E-state index in [9.17, 15) is 18.0 Å². The lowest BCUT2D eigenvalue weighted by atomic mass is 10.1. The maximum absolute atomic E-state index is 12.7. The number of hydrogen-bond donors (Lipinski definition) is 1. The third-order valence-corrected chi connectivity index (χ3v) is 4.04. The van der Waals surface area contributed by atoms with E-state index in [-0.39, 0.29) is 18.6 Å². The smallest absolute Gasteiger partial charge is 0.330 e. The highest BCUT2D eigenvalue weighted by molar-refractivity contribution is 5.78. The first-order valence-corrected chi connectivity index (χ1v) is 7.61. The zero-order valence-corrected chi connectivity index (χ0v) is 12.8. The fourth-order valence-electron chi connectivity index (χ4n) is 2.74. The lowest BCUT2D eigenvalue weighted by Gasteiger charge is -2.35. The SMILES string of the molecule is CCC(CC)N(CC(F)(F)F)C(=O)CN1CCC(N)CC1. The number of amides is 1. The van der Waals surface area contributed by atoms with Crippen LogP contribution in [0, 0.1) is 0 Å². The van der Waals surface area contributed by atoms with Crippen LogP contribution in [0.3, 0.4) is 0 Å². The van der Waals surface area contributed by atoms with E-state index in [4.69, 9.17) is 5.73 Å². The summed E-state index contributed by atoms with van der Waals surface area (Å²) in [4.78, 5) is 15.2. The van der Waals surface area contributed by atoms with Gasteiger partial charge in [-0.25, -0.2) is 0 Å². The average Bonchev–Trinajstić information content (AvgIpc) is 2.40. The van der Waals surface area contributed by atoms with Crippen LogP contribution in [-0.4, -0.2) is 60.1 Å². The topological polar surface area (TPSA) is 49.6 Å². The molecule has 0 aromatic rings. The van der Waals surface area contributed by atoms with Gasteiger partial charge in [0.1, 0.15) is 6.54 Å². The lowest BCUT2D eigenvalue weighted by Crippen LogP contribution is -2.51. The Morgan fingerprint density at radius 1 is 1.29 bits per heavy atom. The van der Waals surface area contributed by atoms with Crippen LogP contribution in [0.4, 0.5) is 13.2 Å². The molecule has 7 heteroatoms. The molecule has 0 bridgehead atoms. The van der Waals surface area contributed by atoms with E-state index in [2.05, 4.69) is 0 Å². The van der Waals surface area contributed by atoms with Crippen molar-refractivity contribution in [1.29, 1.82) is 0 Å². The van der Waals surface area contributed by atoms with Crippen LogP contribution in [-0.2, 0) is 4.79 Å². The molecule has 1 fully saturated rings. The molecule has 0 aromatic heterocycles. The first kappa shape index (κ1) is 18.2. The van der Waals surface area contributed by atoms with Crippen molar-refractivity contribution in [3.05, 3.63) is 0 Å². The molecule has 0 spiro atoms. The molecular weight excluding hydrogens is 283 g/mol. The third-order valence-electron chi connectivity index (χ3n) is 4.04. The Hall–Kier alpha value is -0.820. The molecule has 0 aromatic carbocycles. The molecule has 2 N–H and O–H groups in total. The van der Waals surface area contributed by atoms with Crippen molar-refractivity contribution < 1.29 is 18.0 Å². The summed E-state index contributed by atoms with van der Waals surface area (Å²) in [6.45, 7) is 3.87. The number of nitrogens with zero attached hydrogens (tertiary/aromatic N) is 2. The predicted octanol–water partition coefficient (Wildman–Crippen LogP) is 1.99. The minimum atomic E-state index is -4.36. The summed E-state index contributed by atoms with van der Waals surface area (Å²) in [5.74, 6) is -0.434. The van der Waals surface area contributed by atoms with Crippen LogP contribution in [0.2, 0.25) is 0 Å². The first-order valence-electron chi connectivity index (χ1n) is 7.61. The normalized spacial score (nSPS) is 18.2. The second-order valence-electron chi connectivity index (χ2n) is 5.72. The quantitative estimate of drug-likeness (QED) is 0.816. The molecule has 0 saturated carbocycles. The molecule has 124 valence electrons. The van der Waals surface area contributed by atoms with E-state index in [0.717, 1.165) is 17.7 Å². The Morgan fingerprint density at radius 2 is 1.81 bits per heavy atom. The molecule has 0 atom stereocenters. The van der Waals surface area contributed by atoms with Gasteiger partial charge in [-0.1, -0.05) is 13.8 Å². The van der Waals surface area contributed by atoms with Crippen LogP contribution in [0.25, 0.3) is 0 Å². The highest BCUT2D eigenvalue weighted by Gasteiger charge is 2.36. The van der Waals surface area contributed by atoms with E-state index in [1.165, 1.54) is 0 Å². The molecule has 1 saturated heterocycles. The molecule has 0 unspecified atom stereocenters. The fourth-order valence-corrected chi connectivity index (χ4v) is 2.74. The number of carbonyl (C=O) groups excluding carboxylic acids is 1. The van der Waals surface area contributed by atoms with E-state index < -0.39 is 18.6 Å². The van der Waals surface area contributed by atoms with Gasteiger partial charge in [0.2, 0.25) is 5.91 Å². The Kier molecular flexibility index (Phi) is 6.93. The van der Waals surface area contributed by atoms with Gasteiger partial charge < -0.3 is 10.6 Å². The number of carbonyl (C=O) groups is 1. The van der Waals surface area contributed by atoms with Crippen LogP contribution in [0.1, 0.15) is 39.5 Å². The van der Waals surface area contributed by atoms with Crippen molar-refractivity contribution in [2.45, 2.75) is 57.8 Å². The van der Waals surface area contributed by atoms with Crippen molar-refractivity contribution in [3.8, 4) is 0 Å². The fraction of sp³-hybridized carbons (Fsp3) is 0.929. The molecule has 0 aliphatic carbocycles. The Bertz CT molecular complexity index is 324. The van der Waals surface area contributed by atoms with Crippen molar-refractivity contribution in [3.63, 3.8) is 0 Å². The van der Waals surface area contributed by atoms with Gasteiger partial charge in [0.05, 0.1) is 6.54 Å². The Labute approximate surface area is 124 Å². The Balaban J connectivity index is 2.66. The maximum Gasteiger partial charge on any atom is 0.406 e. The largest absolute Gasteiger partial charge is 0.406 e. The summed E-state index contributed by atoms with van der Waals surface area (Å²) in [6, 6.07) is -0.215. The van der Waals surface area contributed by atoms with E-state index in [1.54, 1.807) is 0 Å². The summed E-state index contributed by atoms with van der Waals surface area (Å²) >= 11 is 0. The van der Waals surface area contributed by atoms with Gasteiger partial charge in [-0.3, -0.25) is 9.69 Å². The van der Waals surface area contributed by atoms with Crippen LogP contribution < -0.4 is 5.73 Å². The minimum Gasteiger partial charge on any atom is -0.330 e. The van der Waals surface area contributed by atoms with Crippen LogP contribution in [0.15, 0.2) is 0 Å². The van der Waals surface area contributed by atoms with Crippen molar-refractivity contribution >= 4 is 5.91 Å². The molecule has 0 radical (unpaired) electrons. The van der Waals surface area contributed by atoms with Gasteiger partial charge in [0.25, 0.3) is 0 Å². The monoisotopic (exact) mass is 309 g/mol. The van der Waals surface area contributed by atoms with Crippen molar-refractivity contribution in [1.82, 2.24) is 9.80 Å². The Morgan fingerprint density at radius 3 is 2.24 bits per heavy atom. The minimum absolute atomic E-state index is 0.0549. The van der Waals surface area contributed by atoms with Crippen LogP contribution >= 0.6 is 0 Å². The molecule has 1 aliphatic heterocycles. The van der Waals surface area contributed by atoms with E-state index >= 15 is 0 Å². The van der Waals surface area contributed by atoms with Gasteiger partial charge in [0.15, 0.2) is 0 Å². The molecular formula is C14H26F3N3O. The molecule has 1 heterocycles. The molecule has 1 amide bonds. The van der Waals surface area contributed by atoms with Gasteiger partial charge >= 0.3 is 6.18 Å². The van der Waals surface area contributed by atoms with Gasteiger partial charge in [-0.2, -0.15) is 13.2 Å². The second-order valence-corrected chi connectivity index (χ2v) is 5.72. The number of rotatable bonds is 6. The lowest BCUT2D eigenvalue weighted by molar-refractivity contribution is -0.166. The molecule has 1 aliphatic rings. The average molecular weight is 309 g/mol. The first-order chi connectivity index (χ1) is 9.76. The summed E-state index contributed by atoms with van der Waals surface area (Å²) in [5.41, 5.74) is 5.79. The summed E-state index contributed by atoms with van der Waals surface area (Å²) in [7, 11) is 0.